The van der Waals surface area contributed by atoms with E-state index < -0.39 is 0 Å². The standard InChI is InChI=1S/C25H37F/c1-2-3-4-5-20-8-14-23(15-9-20)24-16-10-21(11-17-24)6-7-22-12-18-25(26)19-13-22/h2,12-13,18-21,23-24H,1,3-11,14-17H2. The normalized spacial score (nSPS) is 29.4. The number of rotatable bonds is 8. The molecular formula is C25H37F. The molecule has 0 saturated heterocycles. The Kier molecular flexibility index (Phi) is 7.77. The van der Waals surface area contributed by atoms with Gasteiger partial charge in [0.25, 0.3) is 0 Å². The maximum Gasteiger partial charge on any atom is 0.123 e. The van der Waals surface area contributed by atoms with Crippen LogP contribution in [0.25, 0.3) is 0 Å². The first kappa shape index (κ1) is 19.6. The quantitative estimate of drug-likeness (QED) is 0.330. The Hall–Kier alpha value is -1.11. The van der Waals surface area contributed by atoms with Gasteiger partial charge in [-0.1, -0.05) is 50.3 Å². The van der Waals surface area contributed by atoms with E-state index in [4.69, 9.17) is 0 Å². The molecule has 2 saturated carbocycles. The van der Waals surface area contributed by atoms with Crippen LogP contribution in [0.3, 0.4) is 0 Å². The molecule has 2 aliphatic carbocycles. The summed E-state index contributed by atoms with van der Waals surface area (Å²) >= 11 is 0. The molecule has 0 bridgehead atoms. The van der Waals surface area contributed by atoms with Crippen molar-refractivity contribution in [1.82, 2.24) is 0 Å². The van der Waals surface area contributed by atoms with Crippen molar-refractivity contribution in [2.24, 2.45) is 23.7 Å². The Morgan fingerprint density at radius 2 is 1.35 bits per heavy atom. The molecule has 0 N–H and O–H groups in total. The Morgan fingerprint density at radius 1 is 0.808 bits per heavy atom. The first-order valence-corrected chi connectivity index (χ1v) is 11.1. The number of unbranched alkanes of at least 4 members (excludes halogenated alkanes) is 1. The molecule has 0 nitrogen and oxygen atoms in total. The lowest BCUT2D eigenvalue weighted by atomic mass is 9.68. The third kappa shape index (κ3) is 5.96. The summed E-state index contributed by atoms with van der Waals surface area (Å²) in [5.41, 5.74) is 1.29. The SMILES string of the molecule is C=CCCCC1CCC(C2CCC(CCc3ccc(F)cc3)CC2)CC1. The van der Waals surface area contributed by atoms with E-state index in [0.29, 0.717) is 0 Å². The predicted octanol–water partition coefficient (Wildman–Crippen LogP) is 7.73. The van der Waals surface area contributed by atoms with Crippen LogP contribution in [0.2, 0.25) is 0 Å². The second kappa shape index (κ2) is 10.3. The molecule has 1 heteroatoms. The highest BCUT2D eigenvalue weighted by molar-refractivity contribution is 5.16. The molecule has 0 aromatic heterocycles. The molecule has 0 radical (unpaired) electrons. The second-order valence-corrected chi connectivity index (χ2v) is 8.95. The molecule has 0 spiro atoms. The van der Waals surface area contributed by atoms with E-state index in [2.05, 4.69) is 12.7 Å². The van der Waals surface area contributed by atoms with Crippen molar-refractivity contribution >= 4 is 0 Å². The molecule has 0 atom stereocenters. The van der Waals surface area contributed by atoms with Crippen LogP contribution in [0.5, 0.6) is 0 Å². The molecule has 1 aromatic rings. The van der Waals surface area contributed by atoms with Gasteiger partial charge in [-0.05, 0) is 92.7 Å². The Labute approximate surface area is 160 Å². The minimum Gasteiger partial charge on any atom is -0.207 e. The van der Waals surface area contributed by atoms with E-state index in [1.807, 2.05) is 12.1 Å². The molecule has 3 rings (SSSR count). The molecule has 0 heterocycles. The van der Waals surface area contributed by atoms with Crippen LogP contribution >= 0.6 is 0 Å². The van der Waals surface area contributed by atoms with Crippen molar-refractivity contribution in [1.29, 1.82) is 0 Å². The second-order valence-electron chi connectivity index (χ2n) is 8.95. The Bertz CT molecular complexity index is 516. The van der Waals surface area contributed by atoms with Crippen molar-refractivity contribution in [2.45, 2.75) is 83.5 Å². The zero-order valence-electron chi connectivity index (χ0n) is 16.5. The van der Waals surface area contributed by atoms with Gasteiger partial charge in [0.1, 0.15) is 5.82 Å². The highest BCUT2D eigenvalue weighted by Gasteiger charge is 2.30. The third-order valence-corrected chi connectivity index (χ3v) is 7.22. The van der Waals surface area contributed by atoms with E-state index in [0.717, 1.165) is 30.1 Å². The smallest absolute Gasteiger partial charge is 0.123 e. The number of hydrogen-bond donors (Lipinski definition) is 0. The summed E-state index contributed by atoms with van der Waals surface area (Å²) in [6.45, 7) is 3.84. The number of halogens is 1. The number of benzene rings is 1. The summed E-state index contributed by atoms with van der Waals surface area (Å²) in [4.78, 5) is 0. The molecule has 2 fully saturated rings. The molecule has 0 amide bonds. The maximum absolute atomic E-state index is 13.0. The van der Waals surface area contributed by atoms with Crippen LogP contribution in [-0.2, 0) is 6.42 Å². The predicted molar refractivity (Wildman–Crippen MR) is 110 cm³/mol. The fraction of sp³-hybridized carbons (Fsp3) is 0.680. The third-order valence-electron chi connectivity index (χ3n) is 7.22. The van der Waals surface area contributed by atoms with Crippen molar-refractivity contribution in [3.63, 3.8) is 0 Å². The zero-order chi connectivity index (χ0) is 18.2. The lowest BCUT2D eigenvalue weighted by Crippen LogP contribution is -2.26. The summed E-state index contributed by atoms with van der Waals surface area (Å²) in [5, 5.41) is 0. The van der Waals surface area contributed by atoms with Crippen molar-refractivity contribution in [2.75, 3.05) is 0 Å². The van der Waals surface area contributed by atoms with E-state index in [9.17, 15) is 4.39 Å². The van der Waals surface area contributed by atoms with E-state index in [1.165, 1.54) is 82.6 Å². The molecule has 1 aromatic carbocycles. The van der Waals surface area contributed by atoms with Crippen LogP contribution < -0.4 is 0 Å². The number of aryl methyl sites for hydroxylation is 1. The van der Waals surface area contributed by atoms with Gasteiger partial charge in [-0.15, -0.1) is 6.58 Å². The van der Waals surface area contributed by atoms with Crippen LogP contribution in [0, 0.1) is 29.5 Å². The van der Waals surface area contributed by atoms with Crippen molar-refractivity contribution < 1.29 is 4.39 Å². The average Bonchev–Trinajstić information content (AvgIpc) is 2.69. The highest BCUT2D eigenvalue weighted by atomic mass is 19.1. The lowest BCUT2D eigenvalue weighted by molar-refractivity contribution is 0.141. The molecule has 144 valence electrons. The summed E-state index contributed by atoms with van der Waals surface area (Å²) in [6.07, 6.45) is 20.1. The molecule has 0 aliphatic heterocycles. The first-order chi connectivity index (χ1) is 12.7. The lowest BCUT2D eigenvalue weighted by Gasteiger charge is -2.38. The monoisotopic (exact) mass is 356 g/mol. The molecular weight excluding hydrogens is 319 g/mol. The Balaban J connectivity index is 1.32. The van der Waals surface area contributed by atoms with E-state index >= 15 is 0 Å². The van der Waals surface area contributed by atoms with Crippen molar-refractivity contribution in [3.05, 3.63) is 48.3 Å². The van der Waals surface area contributed by atoms with E-state index in [1.54, 1.807) is 12.1 Å². The zero-order valence-corrected chi connectivity index (χ0v) is 16.5. The topological polar surface area (TPSA) is 0 Å². The maximum atomic E-state index is 13.0. The van der Waals surface area contributed by atoms with Crippen LogP contribution in [0.15, 0.2) is 36.9 Å². The number of allylic oxidation sites excluding steroid dienone is 1. The average molecular weight is 357 g/mol. The van der Waals surface area contributed by atoms with Gasteiger partial charge < -0.3 is 0 Å². The van der Waals surface area contributed by atoms with Gasteiger partial charge in [-0.3, -0.25) is 0 Å². The van der Waals surface area contributed by atoms with Gasteiger partial charge in [0.15, 0.2) is 0 Å². The fourth-order valence-corrected chi connectivity index (χ4v) is 5.47. The fourth-order valence-electron chi connectivity index (χ4n) is 5.47. The largest absolute Gasteiger partial charge is 0.207 e. The summed E-state index contributed by atoms with van der Waals surface area (Å²) in [7, 11) is 0. The number of hydrogen-bond acceptors (Lipinski definition) is 0. The summed E-state index contributed by atoms with van der Waals surface area (Å²) in [6, 6.07) is 7.10. The van der Waals surface area contributed by atoms with Crippen molar-refractivity contribution in [3.8, 4) is 0 Å². The molecule has 26 heavy (non-hydrogen) atoms. The van der Waals surface area contributed by atoms with Gasteiger partial charge >= 0.3 is 0 Å². The molecule has 0 unspecified atom stereocenters. The Morgan fingerprint density at radius 3 is 1.88 bits per heavy atom. The van der Waals surface area contributed by atoms with E-state index in [-0.39, 0.29) is 5.82 Å². The molecule has 2 aliphatic rings. The van der Waals surface area contributed by atoms with Crippen LogP contribution in [0.4, 0.5) is 4.39 Å². The minimum atomic E-state index is -0.121. The summed E-state index contributed by atoms with van der Waals surface area (Å²) in [5.74, 6) is 3.80. The van der Waals surface area contributed by atoms with Gasteiger partial charge in [0, 0.05) is 0 Å². The minimum absolute atomic E-state index is 0.121. The summed E-state index contributed by atoms with van der Waals surface area (Å²) < 4.78 is 13.0. The van der Waals surface area contributed by atoms with Crippen LogP contribution in [0.1, 0.15) is 82.6 Å². The first-order valence-electron chi connectivity index (χ1n) is 11.1. The van der Waals surface area contributed by atoms with Gasteiger partial charge in [0.2, 0.25) is 0 Å². The van der Waals surface area contributed by atoms with Gasteiger partial charge in [0.05, 0.1) is 0 Å². The highest BCUT2D eigenvalue weighted by Crippen LogP contribution is 2.43. The van der Waals surface area contributed by atoms with Crippen LogP contribution in [-0.4, -0.2) is 0 Å². The van der Waals surface area contributed by atoms with Gasteiger partial charge in [-0.25, -0.2) is 4.39 Å². The van der Waals surface area contributed by atoms with Gasteiger partial charge in [-0.2, -0.15) is 0 Å².